The topological polar surface area (TPSA) is 84.7 Å². The Morgan fingerprint density at radius 3 is 2.26 bits per heavy atom. The van der Waals surface area contributed by atoms with Crippen LogP contribution in [0.1, 0.15) is 34.4 Å². The highest BCUT2D eigenvalue weighted by Gasteiger charge is 2.40. The van der Waals surface area contributed by atoms with E-state index in [9.17, 15) is 16.8 Å². The molecule has 0 N–H and O–H groups in total. The quantitative estimate of drug-likeness (QED) is 0.755. The molecule has 0 amide bonds. The zero-order chi connectivity index (χ0) is 20.0. The van der Waals surface area contributed by atoms with Crippen molar-refractivity contribution >= 4 is 19.9 Å². The zero-order valence-corrected chi connectivity index (χ0v) is 17.7. The molecule has 1 aromatic carbocycles. The molecule has 0 radical (unpaired) electrons. The predicted molar refractivity (Wildman–Crippen MR) is 104 cm³/mol. The van der Waals surface area contributed by atoms with Gasteiger partial charge >= 0.3 is 0 Å². The van der Waals surface area contributed by atoms with E-state index >= 15 is 0 Å². The summed E-state index contributed by atoms with van der Waals surface area (Å²) >= 11 is 0. The van der Waals surface area contributed by atoms with Gasteiger partial charge < -0.3 is 4.42 Å². The second kappa shape index (κ2) is 7.07. The van der Waals surface area contributed by atoms with Crippen LogP contribution in [0.15, 0.2) is 33.8 Å². The standard InChI is InChI=1S/C19H25NO5S2/c1-13-10-14(2)16(4)19(15(13)3)27(23,24)20(11-18-6-5-8-25-18)17-7-9-26(21,22)12-17/h5-6,8,10,17H,7,9,11-12H2,1-4H3/t17-/m0/s1. The number of sulfone groups is 1. The minimum Gasteiger partial charge on any atom is -0.468 e. The lowest BCUT2D eigenvalue weighted by atomic mass is 10.0. The van der Waals surface area contributed by atoms with E-state index in [0.29, 0.717) is 23.3 Å². The Bertz CT molecular complexity index is 1030. The summed E-state index contributed by atoms with van der Waals surface area (Å²) in [6.07, 6.45) is 1.78. The summed E-state index contributed by atoms with van der Waals surface area (Å²) in [7, 11) is -7.14. The molecular weight excluding hydrogens is 386 g/mol. The molecule has 0 bridgehead atoms. The van der Waals surface area contributed by atoms with Crippen LogP contribution < -0.4 is 0 Å². The molecule has 27 heavy (non-hydrogen) atoms. The fourth-order valence-corrected chi connectivity index (χ4v) is 7.68. The van der Waals surface area contributed by atoms with Gasteiger partial charge in [-0.1, -0.05) is 6.07 Å². The first-order valence-electron chi connectivity index (χ1n) is 8.85. The minimum atomic E-state index is -3.91. The molecule has 8 heteroatoms. The number of hydrogen-bond donors (Lipinski definition) is 0. The Labute approximate surface area is 161 Å². The second-order valence-electron chi connectivity index (χ2n) is 7.28. The van der Waals surface area contributed by atoms with E-state index in [1.165, 1.54) is 10.6 Å². The summed E-state index contributed by atoms with van der Waals surface area (Å²) in [5, 5.41) is 0. The van der Waals surface area contributed by atoms with Gasteiger partial charge in [0.1, 0.15) is 5.76 Å². The van der Waals surface area contributed by atoms with E-state index in [4.69, 9.17) is 4.42 Å². The molecule has 1 aromatic heterocycles. The Morgan fingerprint density at radius 1 is 1.15 bits per heavy atom. The average Bonchev–Trinajstić information content (AvgIpc) is 3.19. The van der Waals surface area contributed by atoms with Crippen LogP contribution in [0.5, 0.6) is 0 Å². The van der Waals surface area contributed by atoms with Crippen LogP contribution >= 0.6 is 0 Å². The van der Waals surface area contributed by atoms with Crippen molar-refractivity contribution in [3.05, 3.63) is 52.5 Å². The Balaban J connectivity index is 2.14. The number of nitrogens with zero attached hydrogens (tertiary/aromatic N) is 1. The van der Waals surface area contributed by atoms with Gasteiger partial charge in [-0.15, -0.1) is 0 Å². The van der Waals surface area contributed by atoms with E-state index < -0.39 is 25.9 Å². The van der Waals surface area contributed by atoms with Crippen molar-refractivity contribution < 1.29 is 21.3 Å². The zero-order valence-electron chi connectivity index (χ0n) is 16.0. The maximum absolute atomic E-state index is 13.7. The number of aryl methyl sites for hydroxylation is 2. The van der Waals surface area contributed by atoms with Gasteiger partial charge in [-0.2, -0.15) is 4.31 Å². The van der Waals surface area contributed by atoms with Gasteiger partial charge in [0, 0.05) is 6.04 Å². The fraction of sp³-hybridized carbons (Fsp3) is 0.474. The molecule has 0 unspecified atom stereocenters. The first-order chi connectivity index (χ1) is 12.5. The van der Waals surface area contributed by atoms with Crippen molar-refractivity contribution in [3.8, 4) is 0 Å². The van der Waals surface area contributed by atoms with Gasteiger partial charge in [0.2, 0.25) is 10.0 Å². The first kappa shape index (κ1) is 20.1. The third-order valence-electron chi connectivity index (χ3n) is 5.37. The van der Waals surface area contributed by atoms with Crippen molar-refractivity contribution in [3.63, 3.8) is 0 Å². The van der Waals surface area contributed by atoms with E-state index in [0.717, 1.165) is 11.1 Å². The molecule has 0 saturated carbocycles. The molecule has 1 aliphatic heterocycles. The van der Waals surface area contributed by atoms with Crippen molar-refractivity contribution in [2.75, 3.05) is 11.5 Å². The molecule has 1 saturated heterocycles. The van der Waals surface area contributed by atoms with Crippen LogP contribution in [0.2, 0.25) is 0 Å². The van der Waals surface area contributed by atoms with Gasteiger partial charge in [0.25, 0.3) is 0 Å². The molecule has 0 spiro atoms. The largest absolute Gasteiger partial charge is 0.468 e. The van der Waals surface area contributed by atoms with Crippen molar-refractivity contribution in [1.82, 2.24) is 4.31 Å². The van der Waals surface area contributed by atoms with Crippen molar-refractivity contribution in [1.29, 1.82) is 0 Å². The summed E-state index contributed by atoms with van der Waals surface area (Å²) in [6, 6.07) is 4.77. The molecule has 1 atom stereocenters. The molecule has 1 aliphatic rings. The van der Waals surface area contributed by atoms with Gasteiger partial charge in [-0.25, -0.2) is 16.8 Å². The fourth-order valence-electron chi connectivity index (χ4n) is 3.65. The number of benzene rings is 1. The first-order valence-corrected chi connectivity index (χ1v) is 12.1. The SMILES string of the molecule is Cc1cc(C)c(C)c(S(=O)(=O)N(Cc2ccco2)[C@H]2CCS(=O)(=O)C2)c1C. The Hall–Kier alpha value is -1.64. The monoisotopic (exact) mass is 411 g/mol. The third-order valence-corrected chi connectivity index (χ3v) is 9.29. The van der Waals surface area contributed by atoms with E-state index in [2.05, 4.69) is 0 Å². The lowest BCUT2D eigenvalue weighted by molar-refractivity contribution is 0.306. The van der Waals surface area contributed by atoms with Gasteiger partial charge in [-0.3, -0.25) is 0 Å². The minimum absolute atomic E-state index is 0.00660. The molecule has 148 valence electrons. The number of rotatable bonds is 5. The molecule has 3 rings (SSSR count). The summed E-state index contributed by atoms with van der Waals surface area (Å²) in [6.45, 7) is 7.38. The van der Waals surface area contributed by atoms with Crippen LogP contribution in [0.25, 0.3) is 0 Å². The summed E-state index contributed by atoms with van der Waals surface area (Å²) < 4.78 is 58.1. The molecule has 2 heterocycles. The van der Waals surface area contributed by atoms with Crippen LogP contribution in [0.4, 0.5) is 0 Å². The number of sulfonamides is 1. The highest BCUT2D eigenvalue weighted by atomic mass is 32.2. The van der Waals surface area contributed by atoms with Crippen LogP contribution in [0.3, 0.4) is 0 Å². The van der Waals surface area contributed by atoms with Crippen LogP contribution in [-0.4, -0.2) is 38.7 Å². The predicted octanol–water partition coefficient (Wildman–Crippen LogP) is 2.89. The average molecular weight is 412 g/mol. The molecule has 1 fully saturated rings. The molecular formula is C19H25NO5S2. The van der Waals surface area contributed by atoms with E-state index in [-0.39, 0.29) is 22.9 Å². The Morgan fingerprint density at radius 2 is 1.78 bits per heavy atom. The highest BCUT2D eigenvalue weighted by Crippen LogP contribution is 2.33. The lowest BCUT2D eigenvalue weighted by Gasteiger charge is -2.29. The number of hydrogen-bond acceptors (Lipinski definition) is 5. The normalized spacial score (nSPS) is 19.7. The maximum Gasteiger partial charge on any atom is 0.244 e. The summed E-state index contributed by atoms with van der Waals surface area (Å²) in [5.74, 6) is 0.338. The van der Waals surface area contributed by atoms with Gasteiger partial charge in [-0.05, 0) is 68.5 Å². The summed E-state index contributed by atoms with van der Waals surface area (Å²) in [4.78, 5) is 0.274. The highest BCUT2D eigenvalue weighted by molar-refractivity contribution is 7.92. The third kappa shape index (κ3) is 3.83. The number of furan rings is 1. The van der Waals surface area contributed by atoms with Crippen LogP contribution in [0, 0.1) is 27.7 Å². The van der Waals surface area contributed by atoms with E-state index in [1.54, 1.807) is 26.0 Å². The van der Waals surface area contributed by atoms with Gasteiger partial charge in [0.15, 0.2) is 9.84 Å². The van der Waals surface area contributed by atoms with Crippen LogP contribution in [-0.2, 0) is 26.4 Å². The second-order valence-corrected chi connectivity index (χ2v) is 11.3. The van der Waals surface area contributed by atoms with Crippen molar-refractivity contribution in [2.45, 2.75) is 51.6 Å². The molecule has 2 aromatic rings. The molecule has 6 nitrogen and oxygen atoms in total. The smallest absolute Gasteiger partial charge is 0.244 e. The van der Waals surface area contributed by atoms with E-state index in [1.807, 2.05) is 19.9 Å². The Kier molecular flexibility index (Phi) is 5.26. The lowest BCUT2D eigenvalue weighted by Crippen LogP contribution is -2.41. The molecule has 0 aliphatic carbocycles. The van der Waals surface area contributed by atoms with Gasteiger partial charge in [0.05, 0.1) is 29.2 Å². The summed E-state index contributed by atoms with van der Waals surface area (Å²) in [5.41, 5.74) is 3.19. The van der Waals surface area contributed by atoms with Crippen molar-refractivity contribution in [2.24, 2.45) is 0 Å². The maximum atomic E-state index is 13.7.